The van der Waals surface area contributed by atoms with Gasteiger partial charge in [-0.1, -0.05) is 24.3 Å². The van der Waals surface area contributed by atoms with Gasteiger partial charge in [0.05, 0.1) is 26.9 Å². The zero-order valence-electron chi connectivity index (χ0n) is 12.9. The molecule has 120 valence electrons. The van der Waals surface area contributed by atoms with Crippen LogP contribution < -0.4 is 0 Å². The first kappa shape index (κ1) is 16.5. The molecule has 0 bridgehead atoms. The molecule has 1 unspecified atom stereocenters. The Morgan fingerprint density at radius 2 is 2.09 bits per heavy atom. The van der Waals surface area contributed by atoms with E-state index >= 15 is 0 Å². The summed E-state index contributed by atoms with van der Waals surface area (Å²) in [6, 6.07) is 7.74. The Bertz CT molecular complexity index is 525. The van der Waals surface area contributed by atoms with Gasteiger partial charge in [0.15, 0.2) is 6.10 Å². The number of ether oxygens (including phenoxy) is 3. The SMILES string of the molecule is COC(=O)CN(Cc1ccccc1C)C(=O)C1COCCO1. The third-order valence-corrected chi connectivity index (χ3v) is 3.57. The van der Waals surface area contributed by atoms with Gasteiger partial charge >= 0.3 is 5.97 Å². The summed E-state index contributed by atoms with van der Waals surface area (Å²) >= 11 is 0. The number of rotatable bonds is 5. The fraction of sp³-hybridized carbons (Fsp3) is 0.500. The Morgan fingerprint density at radius 3 is 2.73 bits per heavy atom. The van der Waals surface area contributed by atoms with E-state index in [1.165, 1.54) is 12.0 Å². The molecule has 22 heavy (non-hydrogen) atoms. The molecule has 0 spiro atoms. The Kier molecular flexibility index (Phi) is 5.91. The maximum Gasteiger partial charge on any atom is 0.325 e. The lowest BCUT2D eigenvalue weighted by molar-refractivity contribution is -0.162. The Labute approximate surface area is 129 Å². The molecule has 1 saturated heterocycles. The standard InChI is InChI=1S/C16H21NO5/c1-12-5-3-4-6-13(12)9-17(10-15(18)20-2)16(19)14-11-21-7-8-22-14/h3-6,14H,7-11H2,1-2H3. The summed E-state index contributed by atoms with van der Waals surface area (Å²) < 4.78 is 15.4. The van der Waals surface area contributed by atoms with E-state index in [1.807, 2.05) is 31.2 Å². The number of benzene rings is 1. The zero-order valence-corrected chi connectivity index (χ0v) is 12.9. The molecular weight excluding hydrogens is 286 g/mol. The van der Waals surface area contributed by atoms with Crippen LogP contribution in [0.3, 0.4) is 0 Å². The van der Waals surface area contributed by atoms with Gasteiger partial charge in [-0.15, -0.1) is 0 Å². The molecule has 1 fully saturated rings. The highest BCUT2D eigenvalue weighted by Gasteiger charge is 2.29. The number of hydrogen-bond acceptors (Lipinski definition) is 5. The summed E-state index contributed by atoms with van der Waals surface area (Å²) in [4.78, 5) is 25.6. The van der Waals surface area contributed by atoms with Crippen molar-refractivity contribution in [3.05, 3.63) is 35.4 Å². The summed E-state index contributed by atoms with van der Waals surface area (Å²) in [5.74, 6) is -0.716. The molecule has 0 N–H and O–H groups in total. The molecule has 0 radical (unpaired) electrons. The zero-order chi connectivity index (χ0) is 15.9. The van der Waals surface area contributed by atoms with Crippen LogP contribution in [-0.2, 0) is 30.3 Å². The highest BCUT2D eigenvalue weighted by molar-refractivity contribution is 5.85. The molecule has 1 aromatic rings. The Balaban J connectivity index is 2.12. The van der Waals surface area contributed by atoms with E-state index in [4.69, 9.17) is 9.47 Å². The summed E-state index contributed by atoms with van der Waals surface area (Å²) in [6.07, 6.45) is -0.664. The van der Waals surface area contributed by atoms with Crippen molar-refractivity contribution >= 4 is 11.9 Å². The first-order valence-electron chi connectivity index (χ1n) is 7.21. The van der Waals surface area contributed by atoms with E-state index in [2.05, 4.69) is 4.74 Å². The quantitative estimate of drug-likeness (QED) is 0.757. The van der Waals surface area contributed by atoms with Gasteiger partial charge in [-0.25, -0.2) is 0 Å². The first-order valence-corrected chi connectivity index (χ1v) is 7.21. The van der Waals surface area contributed by atoms with Gasteiger partial charge in [-0.2, -0.15) is 0 Å². The number of methoxy groups -OCH3 is 1. The fourth-order valence-corrected chi connectivity index (χ4v) is 2.26. The van der Waals surface area contributed by atoms with Crippen LogP contribution in [0.1, 0.15) is 11.1 Å². The highest BCUT2D eigenvalue weighted by Crippen LogP contribution is 2.13. The Morgan fingerprint density at radius 1 is 1.32 bits per heavy atom. The predicted molar refractivity (Wildman–Crippen MR) is 79.2 cm³/mol. The largest absolute Gasteiger partial charge is 0.468 e. The van der Waals surface area contributed by atoms with Gasteiger partial charge in [0.2, 0.25) is 0 Å². The molecule has 1 atom stereocenters. The van der Waals surface area contributed by atoms with Crippen LogP contribution >= 0.6 is 0 Å². The molecule has 1 amide bonds. The summed E-state index contributed by atoms with van der Waals surface area (Å²) in [5.41, 5.74) is 2.04. The van der Waals surface area contributed by atoms with Crippen LogP contribution in [0, 0.1) is 6.92 Å². The van der Waals surface area contributed by atoms with Crippen molar-refractivity contribution in [1.82, 2.24) is 4.90 Å². The van der Waals surface area contributed by atoms with E-state index in [9.17, 15) is 9.59 Å². The summed E-state index contributed by atoms with van der Waals surface area (Å²) in [6.45, 7) is 3.27. The number of carbonyl (C=O) groups is 2. The van der Waals surface area contributed by atoms with Crippen molar-refractivity contribution in [3.8, 4) is 0 Å². The molecule has 2 rings (SSSR count). The van der Waals surface area contributed by atoms with Crippen molar-refractivity contribution in [2.24, 2.45) is 0 Å². The van der Waals surface area contributed by atoms with Crippen molar-refractivity contribution in [2.45, 2.75) is 19.6 Å². The van der Waals surface area contributed by atoms with Crippen molar-refractivity contribution < 1.29 is 23.8 Å². The smallest absolute Gasteiger partial charge is 0.325 e. The lowest BCUT2D eigenvalue weighted by atomic mass is 10.1. The molecule has 6 heteroatoms. The van der Waals surface area contributed by atoms with Crippen molar-refractivity contribution in [1.29, 1.82) is 0 Å². The number of esters is 1. The second-order valence-electron chi connectivity index (χ2n) is 5.13. The second-order valence-corrected chi connectivity index (χ2v) is 5.13. The predicted octanol–water partition coefficient (Wildman–Crippen LogP) is 0.912. The van der Waals surface area contributed by atoms with Crippen LogP contribution in [0.25, 0.3) is 0 Å². The summed E-state index contributed by atoms with van der Waals surface area (Å²) in [5, 5.41) is 0. The molecule has 1 heterocycles. The molecule has 1 aliphatic heterocycles. The second kappa shape index (κ2) is 7.91. The van der Waals surface area contributed by atoms with Gasteiger partial charge in [-0.05, 0) is 18.1 Å². The van der Waals surface area contributed by atoms with Gasteiger partial charge in [0, 0.05) is 6.54 Å². The molecule has 0 aliphatic carbocycles. The number of nitrogens with zero attached hydrogens (tertiary/aromatic N) is 1. The number of aryl methyl sites for hydroxylation is 1. The van der Waals surface area contributed by atoms with E-state index < -0.39 is 12.1 Å². The summed E-state index contributed by atoms with van der Waals surface area (Å²) in [7, 11) is 1.30. The van der Waals surface area contributed by atoms with E-state index in [-0.39, 0.29) is 19.1 Å². The topological polar surface area (TPSA) is 65.1 Å². The average Bonchev–Trinajstić information content (AvgIpc) is 2.56. The van der Waals surface area contributed by atoms with E-state index in [0.717, 1.165) is 11.1 Å². The van der Waals surface area contributed by atoms with Gasteiger partial charge < -0.3 is 19.1 Å². The first-order chi connectivity index (χ1) is 10.6. The van der Waals surface area contributed by atoms with Gasteiger partial charge in [-0.3, -0.25) is 9.59 Å². The number of hydrogen-bond donors (Lipinski definition) is 0. The van der Waals surface area contributed by atoms with Crippen LogP contribution in [0.15, 0.2) is 24.3 Å². The van der Waals surface area contributed by atoms with E-state index in [1.54, 1.807) is 0 Å². The van der Waals surface area contributed by atoms with Crippen molar-refractivity contribution in [3.63, 3.8) is 0 Å². The maximum atomic E-state index is 12.6. The van der Waals surface area contributed by atoms with Crippen LogP contribution in [0.2, 0.25) is 0 Å². The van der Waals surface area contributed by atoms with Crippen LogP contribution in [0.4, 0.5) is 0 Å². The van der Waals surface area contributed by atoms with Gasteiger partial charge in [0.25, 0.3) is 5.91 Å². The average molecular weight is 307 g/mol. The van der Waals surface area contributed by atoms with Crippen molar-refractivity contribution in [2.75, 3.05) is 33.5 Å². The van der Waals surface area contributed by atoms with Crippen LogP contribution in [-0.4, -0.2) is 56.4 Å². The molecular formula is C16H21NO5. The molecule has 1 aromatic carbocycles. The minimum absolute atomic E-state index is 0.108. The molecule has 1 aliphatic rings. The normalized spacial score (nSPS) is 17.8. The lowest BCUT2D eigenvalue weighted by Crippen LogP contribution is -2.47. The molecule has 0 saturated carbocycles. The van der Waals surface area contributed by atoms with Gasteiger partial charge in [0.1, 0.15) is 6.54 Å². The molecule has 0 aromatic heterocycles. The fourth-order valence-electron chi connectivity index (χ4n) is 2.26. The monoisotopic (exact) mass is 307 g/mol. The third kappa shape index (κ3) is 4.29. The molecule has 6 nitrogen and oxygen atoms in total. The van der Waals surface area contributed by atoms with Crippen LogP contribution in [0.5, 0.6) is 0 Å². The number of amides is 1. The van der Waals surface area contributed by atoms with E-state index in [0.29, 0.717) is 19.8 Å². The minimum Gasteiger partial charge on any atom is -0.468 e. The minimum atomic E-state index is -0.664. The Hall–Kier alpha value is -1.92. The lowest BCUT2D eigenvalue weighted by Gasteiger charge is -2.29. The maximum absolute atomic E-state index is 12.6. The highest BCUT2D eigenvalue weighted by atomic mass is 16.6. The number of carbonyl (C=O) groups excluding carboxylic acids is 2. The third-order valence-electron chi connectivity index (χ3n) is 3.57.